The molecule has 1 fully saturated rings. The van der Waals surface area contributed by atoms with E-state index in [0.29, 0.717) is 5.56 Å². The van der Waals surface area contributed by atoms with Crippen LogP contribution in [-0.2, 0) is 24.0 Å². The Labute approximate surface area is 282 Å². The molecule has 0 saturated carbocycles. The van der Waals surface area contributed by atoms with Crippen LogP contribution in [0.1, 0.15) is 39.8 Å². The first-order valence-corrected chi connectivity index (χ1v) is 16.7. The average Bonchev–Trinajstić information content (AvgIpc) is 3.52. The van der Waals surface area contributed by atoms with Crippen molar-refractivity contribution in [2.45, 2.75) is 29.8 Å². The first-order chi connectivity index (χ1) is 22.5. The molecular formula is C28H22N6O9S4. The molecule has 4 amide bonds. The van der Waals surface area contributed by atoms with Gasteiger partial charge in [-0.1, -0.05) is 53.9 Å². The Hall–Kier alpha value is -4.85. The van der Waals surface area contributed by atoms with Gasteiger partial charge in [0.1, 0.15) is 22.1 Å². The molecule has 5 rings (SSSR count). The van der Waals surface area contributed by atoms with Gasteiger partial charge in [0.15, 0.2) is 11.0 Å². The highest BCUT2D eigenvalue weighted by Crippen LogP contribution is 2.48. The lowest BCUT2D eigenvalue weighted by molar-refractivity contribution is -0.154. The number of amides is 4. The summed E-state index contributed by atoms with van der Waals surface area (Å²) in [4.78, 5) is 89.1. The van der Waals surface area contributed by atoms with Crippen molar-refractivity contribution in [3.63, 3.8) is 0 Å². The fourth-order valence-electron chi connectivity index (χ4n) is 4.75. The Morgan fingerprint density at radius 1 is 1.09 bits per heavy atom. The molecule has 0 radical (unpaired) electrons. The number of carbonyl (C=O) groups excluding carboxylic acids is 4. The summed E-state index contributed by atoms with van der Waals surface area (Å²) >= 11 is 8.26. The lowest BCUT2D eigenvalue weighted by Crippen LogP contribution is -2.80. The van der Waals surface area contributed by atoms with Gasteiger partial charge in [-0.05, 0) is 17.0 Å². The lowest BCUT2D eigenvalue weighted by atomic mass is 9.87. The van der Waals surface area contributed by atoms with Crippen molar-refractivity contribution in [1.82, 2.24) is 25.7 Å². The van der Waals surface area contributed by atoms with Crippen LogP contribution in [0.15, 0.2) is 57.6 Å². The first kappa shape index (κ1) is 33.5. The number of aromatic nitrogens is 2. The molecule has 5 N–H and O–H groups in total. The highest BCUT2D eigenvalue weighted by Gasteiger charge is 2.65. The van der Waals surface area contributed by atoms with Crippen LogP contribution in [-0.4, -0.2) is 82.9 Å². The number of carbonyl (C=O) groups is 6. The predicted octanol–water partition coefficient (Wildman–Crippen LogP) is 1.50. The Balaban J connectivity index is 1.40. The zero-order valence-electron chi connectivity index (χ0n) is 23.7. The van der Waals surface area contributed by atoms with Crippen molar-refractivity contribution in [2.75, 3.05) is 11.1 Å². The number of benzene rings is 1. The van der Waals surface area contributed by atoms with Gasteiger partial charge < -0.3 is 26.2 Å². The van der Waals surface area contributed by atoms with Crippen LogP contribution in [0.25, 0.3) is 5.57 Å². The maximum absolute atomic E-state index is 13.8. The van der Waals surface area contributed by atoms with Gasteiger partial charge in [0.05, 0.1) is 12.0 Å². The number of fused-ring (bicyclic) bond motifs is 1. The number of anilines is 1. The predicted molar refractivity (Wildman–Crippen MR) is 175 cm³/mol. The second-order valence-corrected chi connectivity index (χ2v) is 13.0. The van der Waals surface area contributed by atoms with E-state index >= 15 is 0 Å². The molecule has 1 saturated heterocycles. The zero-order chi connectivity index (χ0) is 33.9. The van der Waals surface area contributed by atoms with Crippen LogP contribution in [0, 0.1) is 0 Å². The van der Waals surface area contributed by atoms with E-state index in [4.69, 9.17) is 17.3 Å². The van der Waals surface area contributed by atoms with Gasteiger partial charge in [0, 0.05) is 28.5 Å². The number of aliphatic carboxylic acids is 2. The summed E-state index contributed by atoms with van der Waals surface area (Å²) in [7, 11) is 0. The number of nitrogens with zero attached hydrogens (tertiary/aromatic N) is 3. The smallest absolute Gasteiger partial charge is 0.353 e. The van der Waals surface area contributed by atoms with E-state index in [1.54, 1.807) is 30.3 Å². The summed E-state index contributed by atoms with van der Waals surface area (Å²) in [6.45, 7) is 0. The highest BCUT2D eigenvalue weighted by molar-refractivity contribution is 8.00. The Morgan fingerprint density at radius 3 is 2.49 bits per heavy atom. The topological polar surface area (TPSA) is 225 Å². The number of thioether (sulfide) groups is 1. The molecular weight excluding hydrogens is 693 g/mol. The lowest BCUT2D eigenvalue weighted by Gasteiger charge is -2.55. The number of carboxylic acids is 2. The second-order valence-electron chi connectivity index (χ2n) is 9.95. The third-order valence-corrected chi connectivity index (χ3v) is 10.3. The fraction of sp³-hybridized carbons (Fsp3) is 0.214. The minimum atomic E-state index is -1.83. The van der Waals surface area contributed by atoms with E-state index in [-0.39, 0.29) is 33.4 Å². The normalized spacial score (nSPS) is 19.1. The summed E-state index contributed by atoms with van der Waals surface area (Å²) in [5, 5.41) is 37.3. The number of nitrogens with one attached hydrogen (secondary N) is 3. The van der Waals surface area contributed by atoms with Crippen LogP contribution in [0.3, 0.4) is 0 Å². The molecule has 4 heterocycles. The quantitative estimate of drug-likeness (QED) is 0.133. The van der Waals surface area contributed by atoms with E-state index in [0.717, 1.165) is 44.7 Å². The molecule has 15 nitrogen and oxygen atoms in total. The molecule has 2 aromatic heterocycles. The minimum absolute atomic E-state index is 0.00122. The van der Waals surface area contributed by atoms with Crippen molar-refractivity contribution in [3.8, 4) is 0 Å². The van der Waals surface area contributed by atoms with Gasteiger partial charge in [-0.15, -0.1) is 22.0 Å². The molecule has 3 atom stereocenters. The molecule has 19 heteroatoms. The second kappa shape index (κ2) is 13.9. The monoisotopic (exact) mass is 714 g/mol. The van der Waals surface area contributed by atoms with Gasteiger partial charge in [0.2, 0.25) is 16.9 Å². The number of β-lactam (4-membered cyclic amide) rings is 1. The summed E-state index contributed by atoms with van der Waals surface area (Å²) in [6, 6.07) is 8.00. The van der Waals surface area contributed by atoms with E-state index in [2.05, 4.69) is 26.1 Å². The average molecular weight is 715 g/mol. The molecule has 2 aliphatic rings. The molecule has 3 aromatic rings. The van der Waals surface area contributed by atoms with Gasteiger partial charge in [-0.3, -0.25) is 33.7 Å². The Kier molecular flexibility index (Phi) is 9.89. The van der Waals surface area contributed by atoms with Gasteiger partial charge in [0.25, 0.3) is 11.8 Å². The van der Waals surface area contributed by atoms with Crippen molar-refractivity contribution < 1.29 is 39.0 Å². The summed E-state index contributed by atoms with van der Waals surface area (Å²) in [6.07, 6.45) is -0.703. The van der Waals surface area contributed by atoms with Crippen LogP contribution >= 0.6 is 46.7 Å². The number of hydrogen-bond acceptors (Lipinski definition) is 13. The van der Waals surface area contributed by atoms with E-state index in [1.165, 1.54) is 16.8 Å². The van der Waals surface area contributed by atoms with E-state index < -0.39 is 70.1 Å². The molecule has 47 heavy (non-hydrogen) atoms. The Bertz CT molecular complexity index is 1900. The van der Waals surface area contributed by atoms with E-state index in [9.17, 15) is 38.7 Å². The van der Waals surface area contributed by atoms with Gasteiger partial charge in [-0.2, -0.15) is 11.3 Å². The number of carboxylic acid groups (broad SMARTS) is 2. The summed E-state index contributed by atoms with van der Waals surface area (Å²) in [5.74, 6) is -5.72. The van der Waals surface area contributed by atoms with Crippen molar-refractivity contribution in [1.29, 1.82) is 0 Å². The van der Waals surface area contributed by atoms with E-state index in [1.807, 2.05) is 0 Å². The summed E-state index contributed by atoms with van der Waals surface area (Å²) in [5.41, 5.74) is -2.48. The van der Waals surface area contributed by atoms with Crippen molar-refractivity contribution in [2.24, 2.45) is 0 Å². The van der Waals surface area contributed by atoms with Gasteiger partial charge in [-0.25, -0.2) is 4.79 Å². The van der Waals surface area contributed by atoms with Crippen LogP contribution in [0.2, 0.25) is 0 Å². The largest absolute Gasteiger partial charge is 0.481 e. The highest BCUT2D eigenvalue weighted by atomic mass is 32.2. The minimum Gasteiger partial charge on any atom is -0.481 e. The third-order valence-electron chi connectivity index (χ3n) is 6.99. The number of thiocarbonyl (C=S) groups is 1. The number of rotatable bonds is 12. The van der Waals surface area contributed by atoms with Crippen LogP contribution in [0.4, 0.5) is 5.13 Å². The summed E-state index contributed by atoms with van der Waals surface area (Å²) < 4.78 is 0. The molecule has 2 aliphatic heterocycles. The fourth-order valence-corrected chi connectivity index (χ4v) is 8.10. The standard InChI is InChI=1S/C28H22N6O9S4/c35-16-8-9-45-10-14(16)21(39)30-19(13-4-2-1-3-5-13)22(40)31-28(12-44)25(43)34-20(24(41)42)15(11-46-26(28)34)23-32-33-27(47-23)29-17(36)6-7-18(37)38/h1-5,8-10,12,19,26H,6-7,11H2,(H,30,39)(H,31,40)(H,37,38)(H,41,42)(H,29,33,36)/t19?,26-,28?/m0/s1. The maximum atomic E-state index is 13.8. The third kappa shape index (κ3) is 6.68. The molecule has 2 unspecified atom stereocenters. The first-order valence-electron chi connectivity index (χ1n) is 13.4. The van der Waals surface area contributed by atoms with Crippen LogP contribution < -0.4 is 21.4 Å². The van der Waals surface area contributed by atoms with Gasteiger partial charge >= 0.3 is 11.9 Å². The SMILES string of the molecule is O=C(O)CCC(=O)Nc1nnc(C2=C(C(=O)O)N3C(=O)C(C=S)(NC(=O)C(NC(=O)c4csccc4=O)c4ccccc4)[C@@H]3SC2)s1. The molecule has 242 valence electrons. The zero-order valence-corrected chi connectivity index (χ0v) is 27.0. The maximum Gasteiger partial charge on any atom is 0.353 e. The van der Waals surface area contributed by atoms with Crippen molar-refractivity contribution in [3.05, 3.63) is 79.2 Å². The van der Waals surface area contributed by atoms with Crippen LogP contribution in [0.5, 0.6) is 0 Å². The Morgan fingerprint density at radius 2 is 1.83 bits per heavy atom. The number of hydrogen-bond donors (Lipinski definition) is 5. The van der Waals surface area contributed by atoms with Crippen molar-refractivity contribution >= 4 is 98.3 Å². The molecule has 1 aromatic carbocycles. The molecule has 0 bridgehead atoms. The molecule has 0 aliphatic carbocycles. The molecule has 0 spiro atoms.